The molecule has 150 valence electrons. The van der Waals surface area contributed by atoms with Crippen molar-refractivity contribution < 1.29 is 9.84 Å². The molecule has 7 nitrogen and oxygen atoms in total. The summed E-state index contributed by atoms with van der Waals surface area (Å²) in [5.74, 6) is 1.35. The first-order chi connectivity index (χ1) is 12.5. The zero-order valence-electron chi connectivity index (χ0n) is 16.2. The molecule has 0 atom stereocenters. The number of nitrogens with one attached hydrogen (secondary N) is 2. The molecule has 0 fully saturated rings. The molecule has 0 saturated heterocycles. The van der Waals surface area contributed by atoms with Gasteiger partial charge in [-0.3, -0.25) is 0 Å². The number of rotatable bonds is 8. The van der Waals surface area contributed by atoms with Gasteiger partial charge in [0.05, 0.1) is 25.4 Å². The minimum Gasteiger partial charge on any atom is -0.504 e. The van der Waals surface area contributed by atoms with E-state index in [1.54, 1.807) is 17.4 Å². The highest BCUT2D eigenvalue weighted by Gasteiger charge is 2.06. The van der Waals surface area contributed by atoms with E-state index >= 15 is 0 Å². The lowest BCUT2D eigenvalue weighted by molar-refractivity contribution is 0.318. The van der Waals surface area contributed by atoms with E-state index < -0.39 is 0 Å². The van der Waals surface area contributed by atoms with Gasteiger partial charge in [0.1, 0.15) is 0 Å². The number of nitrogens with zero attached hydrogens (tertiary/aromatic N) is 3. The predicted molar refractivity (Wildman–Crippen MR) is 123 cm³/mol. The van der Waals surface area contributed by atoms with E-state index in [9.17, 15) is 5.11 Å². The van der Waals surface area contributed by atoms with E-state index in [0.717, 1.165) is 28.9 Å². The van der Waals surface area contributed by atoms with E-state index in [1.165, 1.54) is 0 Å². The maximum absolute atomic E-state index is 9.78. The Kier molecular flexibility index (Phi) is 10.2. The fourth-order valence-corrected chi connectivity index (χ4v) is 2.96. The number of thiazole rings is 1. The van der Waals surface area contributed by atoms with Gasteiger partial charge in [-0.2, -0.15) is 0 Å². The molecule has 0 saturated carbocycles. The number of guanidine groups is 1. The molecule has 1 heterocycles. The van der Waals surface area contributed by atoms with Crippen LogP contribution in [0.15, 0.2) is 28.6 Å². The monoisotopic (exact) mass is 505 g/mol. The van der Waals surface area contributed by atoms with Crippen molar-refractivity contribution in [2.24, 2.45) is 4.99 Å². The number of ether oxygens (including phenoxy) is 1. The van der Waals surface area contributed by atoms with Crippen molar-refractivity contribution in [2.45, 2.75) is 26.9 Å². The smallest absolute Gasteiger partial charge is 0.191 e. The molecule has 0 spiro atoms. The Balaban J connectivity index is 0.00000364. The third kappa shape index (κ3) is 7.41. The summed E-state index contributed by atoms with van der Waals surface area (Å²) in [4.78, 5) is 11.1. The van der Waals surface area contributed by atoms with Crippen LogP contribution in [0.5, 0.6) is 11.5 Å². The summed E-state index contributed by atoms with van der Waals surface area (Å²) in [5, 5.41) is 19.3. The first kappa shape index (κ1) is 23.3. The van der Waals surface area contributed by atoms with Crippen LogP contribution in [0.1, 0.15) is 25.1 Å². The normalized spacial score (nSPS) is 10.9. The molecular formula is C18H28IN5O2S. The molecule has 1 aromatic carbocycles. The second-order valence-electron chi connectivity index (χ2n) is 5.80. The average Bonchev–Trinajstić information content (AvgIpc) is 3.09. The van der Waals surface area contributed by atoms with Gasteiger partial charge in [0, 0.05) is 26.0 Å². The standard InChI is InChI=1S/C18H27N5O2S.HI/c1-5-19-17(21-11-14-12-26-18(22-14)23(3)4)20-10-13-7-8-15(24)16(9-13)25-6-2;/h7-9,12,24H,5-6,10-11H2,1-4H3,(H2,19,20,21);1H. The molecule has 0 bridgehead atoms. The number of hydrogen-bond acceptors (Lipinski definition) is 6. The molecular weight excluding hydrogens is 477 g/mol. The van der Waals surface area contributed by atoms with Crippen molar-refractivity contribution >= 4 is 46.4 Å². The summed E-state index contributed by atoms with van der Waals surface area (Å²) in [6.45, 7) is 6.28. The molecule has 0 amide bonds. The highest BCUT2D eigenvalue weighted by molar-refractivity contribution is 14.0. The van der Waals surface area contributed by atoms with Crippen LogP contribution in [0.4, 0.5) is 5.13 Å². The molecule has 0 aliphatic carbocycles. The van der Waals surface area contributed by atoms with Gasteiger partial charge in [0.15, 0.2) is 22.6 Å². The van der Waals surface area contributed by atoms with Crippen molar-refractivity contribution in [1.29, 1.82) is 0 Å². The Labute approximate surface area is 181 Å². The minimum absolute atomic E-state index is 0. The number of phenolic OH excluding ortho intramolecular Hbond substituents is 1. The van der Waals surface area contributed by atoms with Crippen LogP contribution in [-0.4, -0.2) is 43.3 Å². The minimum atomic E-state index is 0. The Bertz CT molecular complexity index is 736. The lowest BCUT2D eigenvalue weighted by Crippen LogP contribution is -2.36. The van der Waals surface area contributed by atoms with Gasteiger partial charge in [0.25, 0.3) is 0 Å². The lowest BCUT2D eigenvalue weighted by Gasteiger charge is -2.11. The molecule has 2 aromatic rings. The van der Waals surface area contributed by atoms with Crippen LogP contribution in [0.25, 0.3) is 0 Å². The fraction of sp³-hybridized carbons (Fsp3) is 0.444. The van der Waals surface area contributed by atoms with Crippen LogP contribution in [-0.2, 0) is 13.1 Å². The topological polar surface area (TPSA) is 82.0 Å². The number of aliphatic imine (C=N–C) groups is 1. The van der Waals surface area contributed by atoms with E-state index in [0.29, 0.717) is 25.4 Å². The lowest BCUT2D eigenvalue weighted by atomic mass is 10.2. The zero-order valence-corrected chi connectivity index (χ0v) is 19.3. The van der Waals surface area contributed by atoms with Crippen molar-refractivity contribution in [3.63, 3.8) is 0 Å². The molecule has 0 aliphatic heterocycles. The summed E-state index contributed by atoms with van der Waals surface area (Å²) < 4.78 is 5.42. The van der Waals surface area contributed by atoms with Gasteiger partial charge >= 0.3 is 0 Å². The SMILES string of the molecule is CCNC(=NCc1ccc(O)c(OCC)c1)NCc1csc(N(C)C)n1.I. The Hall–Kier alpha value is -1.75. The van der Waals surface area contributed by atoms with Gasteiger partial charge < -0.3 is 25.4 Å². The van der Waals surface area contributed by atoms with E-state index in [1.807, 2.05) is 50.4 Å². The summed E-state index contributed by atoms with van der Waals surface area (Å²) in [6.07, 6.45) is 0. The van der Waals surface area contributed by atoms with Crippen LogP contribution < -0.4 is 20.3 Å². The largest absolute Gasteiger partial charge is 0.504 e. The van der Waals surface area contributed by atoms with Crippen molar-refractivity contribution in [3.05, 3.63) is 34.8 Å². The van der Waals surface area contributed by atoms with Crippen LogP contribution >= 0.6 is 35.3 Å². The molecule has 0 unspecified atom stereocenters. The molecule has 0 aliphatic rings. The summed E-state index contributed by atoms with van der Waals surface area (Å²) in [5.41, 5.74) is 1.94. The van der Waals surface area contributed by atoms with Crippen molar-refractivity contribution in [2.75, 3.05) is 32.1 Å². The summed E-state index contributed by atoms with van der Waals surface area (Å²) in [7, 11) is 3.96. The molecule has 9 heteroatoms. The Morgan fingerprint density at radius 2 is 2.07 bits per heavy atom. The summed E-state index contributed by atoms with van der Waals surface area (Å²) >= 11 is 1.62. The predicted octanol–water partition coefficient (Wildman–Crippen LogP) is 3.19. The van der Waals surface area contributed by atoms with Gasteiger partial charge in [-0.25, -0.2) is 9.98 Å². The van der Waals surface area contributed by atoms with Crippen molar-refractivity contribution in [1.82, 2.24) is 15.6 Å². The van der Waals surface area contributed by atoms with Gasteiger partial charge in [-0.15, -0.1) is 35.3 Å². The first-order valence-electron chi connectivity index (χ1n) is 8.62. The number of aromatic hydroxyl groups is 1. The third-order valence-corrected chi connectivity index (χ3v) is 4.50. The molecule has 1 aromatic heterocycles. The van der Waals surface area contributed by atoms with Crippen LogP contribution in [0, 0.1) is 0 Å². The second kappa shape index (κ2) is 11.9. The van der Waals surface area contributed by atoms with Gasteiger partial charge in [-0.1, -0.05) is 6.07 Å². The maximum atomic E-state index is 9.78. The highest BCUT2D eigenvalue weighted by atomic mass is 127. The number of halogens is 1. The number of aromatic nitrogens is 1. The van der Waals surface area contributed by atoms with E-state index in [2.05, 4.69) is 20.6 Å². The number of phenols is 1. The average molecular weight is 505 g/mol. The Morgan fingerprint density at radius 3 is 2.70 bits per heavy atom. The van der Waals surface area contributed by atoms with Gasteiger partial charge in [-0.05, 0) is 31.5 Å². The van der Waals surface area contributed by atoms with Crippen LogP contribution in [0.2, 0.25) is 0 Å². The number of anilines is 1. The summed E-state index contributed by atoms with van der Waals surface area (Å²) in [6, 6.07) is 5.29. The number of benzene rings is 1. The highest BCUT2D eigenvalue weighted by Crippen LogP contribution is 2.27. The first-order valence-corrected chi connectivity index (χ1v) is 9.50. The fourth-order valence-electron chi connectivity index (χ4n) is 2.20. The molecule has 2 rings (SSSR count). The van der Waals surface area contributed by atoms with Crippen LogP contribution in [0.3, 0.4) is 0 Å². The van der Waals surface area contributed by atoms with E-state index in [-0.39, 0.29) is 29.7 Å². The van der Waals surface area contributed by atoms with E-state index in [4.69, 9.17) is 4.74 Å². The molecule has 27 heavy (non-hydrogen) atoms. The maximum Gasteiger partial charge on any atom is 0.191 e. The van der Waals surface area contributed by atoms with Gasteiger partial charge in [0.2, 0.25) is 0 Å². The molecule has 0 radical (unpaired) electrons. The van der Waals surface area contributed by atoms with Crippen molar-refractivity contribution in [3.8, 4) is 11.5 Å². The third-order valence-electron chi connectivity index (χ3n) is 3.45. The number of hydrogen-bond donors (Lipinski definition) is 3. The molecule has 3 N–H and O–H groups in total. The second-order valence-corrected chi connectivity index (χ2v) is 6.64. The zero-order chi connectivity index (χ0) is 18.9. The Morgan fingerprint density at radius 1 is 1.30 bits per heavy atom. The quantitative estimate of drug-likeness (QED) is 0.291.